The maximum Gasteiger partial charge on any atom is 0.417 e. The molecule has 2 aromatic rings. The van der Waals surface area contributed by atoms with Crippen LogP contribution in [0.1, 0.15) is 24.8 Å². The van der Waals surface area contributed by atoms with Gasteiger partial charge in [-0.1, -0.05) is 28.0 Å². The van der Waals surface area contributed by atoms with Crippen molar-refractivity contribution in [1.29, 1.82) is 0 Å². The van der Waals surface area contributed by atoms with Gasteiger partial charge in [-0.3, -0.25) is 0 Å². The van der Waals surface area contributed by atoms with Crippen LogP contribution < -0.4 is 5.32 Å². The number of nitrogens with one attached hydrogen (secondary N) is 1. The topological polar surface area (TPSA) is 51.0 Å². The summed E-state index contributed by atoms with van der Waals surface area (Å²) in [5.41, 5.74) is -0.901. The number of halogens is 4. The van der Waals surface area contributed by atoms with E-state index in [9.17, 15) is 13.2 Å². The highest BCUT2D eigenvalue weighted by atomic mass is 79.9. The molecule has 0 radical (unpaired) electrons. The quantitative estimate of drug-likeness (QED) is 0.815. The Morgan fingerprint density at radius 2 is 2.10 bits per heavy atom. The Labute approximate surface area is 127 Å². The number of alkyl halides is 3. The maximum atomic E-state index is 13.0. The van der Waals surface area contributed by atoms with E-state index < -0.39 is 11.7 Å². The molecule has 1 N–H and O–H groups in total. The molecule has 0 aliphatic rings. The second kappa shape index (κ2) is 6.57. The van der Waals surface area contributed by atoms with Crippen LogP contribution in [0.5, 0.6) is 0 Å². The van der Waals surface area contributed by atoms with Gasteiger partial charge in [0, 0.05) is 10.0 Å². The van der Waals surface area contributed by atoms with E-state index >= 15 is 0 Å². The minimum absolute atomic E-state index is 0.0666. The van der Waals surface area contributed by atoms with E-state index in [1.165, 1.54) is 12.1 Å². The molecule has 8 heteroatoms. The Hall–Kier alpha value is -1.41. The first kappa shape index (κ1) is 16.0. The molecule has 0 aliphatic carbocycles. The van der Waals surface area contributed by atoms with Crippen molar-refractivity contribution in [3.63, 3.8) is 0 Å². The van der Waals surface area contributed by atoms with Gasteiger partial charge in [-0.05, 0) is 31.2 Å². The predicted octanol–water partition coefficient (Wildman–Crippen LogP) is 4.02. The van der Waals surface area contributed by atoms with E-state index in [0.717, 1.165) is 19.0 Å². The van der Waals surface area contributed by atoms with Crippen molar-refractivity contribution in [2.45, 2.75) is 26.1 Å². The summed E-state index contributed by atoms with van der Waals surface area (Å²) in [6, 6.07) is 3.83. The zero-order valence-corrected chi connectivity index (χ0v) is 12.8. The van der Waals surface area contributed by atoms with Crippen LogP contribution in [0.3, 0.4) is 0 Å². The smallest absolute Gasteiger partial charge is 0.338 e. The summed E-state index contributed by atoms with van der Waals surface area (Å²) < 4.78 is 44.5. The summed E-state index contributed by atoms with van der Waals surface area (Å²) >= 11 is 3.03. The van der Waals surface area contributed by atoms with Crippen molar-refractivity contribution in [2.75, 3.05) is 6.54 Å². The number of hydrogen-bond acceptors (Lipinski definition) is 4. The highest BCUT2D eigenvalue weighted by molar-refractivity contribution is 9.10. The molecule has 0 bridgehead atoms. The third kappa shape index (κ3) is 4.04. The summed E-state index contributed by atoms with van der Waals surface area (Å²) in [5.74, 6) is 0.192. The van der Waals surface area contributed by atoms with Crippen molar-refractivity contribution in [3.05, 3.63) is 34.1 Å². The third-order valence-corrected chi connectivity index (χ3v) is 3.19. The molecule has 0 fully saturated rings. The number of hydrogen-bond donors (Lipinski definition) is 1. The first-order valence-corrected chi connectivity index (χ1v) is 7.11. The lowest BCUT2D eigenvalue weighted by Crippen LogP contribution is -2.13. The van der Waals surface area contributed by atoms with E-state index in [1.807, 2.05) is 6.92 Å². The molecular weight excluding hydrogens is 351 g/mol. The summed E-state index contributed by atoms with van der Waals surface area (Å²) in [7, 11) is 0. The standard InChI is InChI=1S/C13H13BrF3N3O/c1-2-5-18-7-11-19-12(20-21-11)9-4-3-8(14)6-10(9)13(15,16)17/h3-4,6,18H,2,5,7H2,1H3. The van der Waals surface area contributed by atoms with Gasteiger partial charge in [0.1, 0.15) is 0 Å². The van der Waals surface area contributed by atoms with Crippen LogP contribution in [-0.4, -0.2) is 16.7 Å². The molecule has 0 unspecified atom stereocenters. The van der Waals surface area contributed by atoms with Gasteiger partial charge >= 0.3 is 6.18 Å². The molecular formula is C13H13BrF3N3O. The monoisotopic (exact) mass is 363 g/mol. The minimum Gasteiger partial charge on any atom is -0.338 e. The zero-order valence-electron chi connectivity index (χ0n) is 11.2. The van der Waals surface area contributed by atoms with Crippen molar-refractivity contribution in [3.8, 4) is 11.4 Å². The molecule has 1 aromatic heterocycles. The first-order valence-electron chi connectivity index (χ1n) is 6.32. The first-order chi connectivity index (χ1) is 9.91. The molecule has 21 heavy (non-hydrogen) atoms. The highest BCUT2D eigenvalue weighted by Crippen LogP contribution is 2.37. The largest absolute Gasteiger partial charge is 0.417 e. The van der Waals surface area contributed by atoms with Gasteiger partial charge in [-0.2, -0.15) is 18.2 Å². The molecule has 0 saturated carbocycles. The molecule has 0 saturated heterocycles. The predicted molar refractivity (Wildman–Crippen MR) is 74.4 cm³/mol. The van der Waals surface area contributed by atoms with Crippen LogP contribution in [0.25, 0.3) is 11.4 Å². The fraction of sp³-hybridized carbons (Fsp3) is 0.385. The van der Waals surface area contributed by atoms with E-state index in [-0.39, 0.29) is 17.3 Å². The average molecular weight is 364 g/mol. The number of aromatic nitrogens is 2. The number of benzene rings is 1. The van der Waals surface area contributed by atoms with Gasteiger partial charge in [0.25, 0.3) is 0 Å². The van der Waals surface area contributed by atoms with Crippen molar-refractivity contribution < 1.29 is 17.7 Å². The third-order valence-electron chi connectivity index (χ3n) is 2.70. The Kier molecular flexibility index (Phi) is 5.00. The lowest BCUT2D eigenvalue weighted by molar-refractivity contribution is -0.137. The Balaban J connectivity index is 2.30. The van der Waals surface area contributed by atoms with Gasteiger partial charge in [0.15, 0.2) is 0 Å². The van der Waals surface area contributed by atoms with Crippen LogP contribution in [0.15, 0.2) is 27.2 Å². The van der Waals surface area contributed by atoms with Gasteiger partial charge in [0.05, 0.1) is 12.1 Å². The molecule has 114 valence electrons. The summed E-state index contributed by atoms with van der Waals surface area (Å²) in [4.78, 5) is 4.00. The molecule has 1 aromatic carbocycles. The van der Waals surface area contributed by atoms with Crippen LogP contribution >= 0.6 is 15.9 Å². The van der Waals surface area contributed by atoms with Crippen molar-refractivity contribution in [2.24, 2.45) is 0 Å². The molecule has 2 rings (SSSR count). The molecule has 0 spiro atoms. The van der Waals surface area contributed by atoms with Gasteiger partial charge < -0.3 is 9.84 Å². The highest BCUT2D eigenvalue weighted by Gasteiger charge is 2.35. The molecule has 0 atom stereocenters. The second-order valence-corrected chi connectivity index (χ2v) is 5.29. The van der Waals surface area contributed by atoms with E-state index in [0.29, 0.717) is 11.0 Å². The molecule has 0 amide bonds. The Morgan fingerprint density at radius 3 is 2.76 bits per heavy atom. The molecule has 1 heterocycles. The number of nitrogens with zero attached hydrogens (tertiary/aromatic N) is 2. The van der Waals surface area contributed by atoms with E-state index in [4.69, 9.17) is 4.52 Å². The Morgan fingerprint density at radius 1 is 1.33 bits per heavy atom. The Bertz CT molecular complexity index is 613. The van der Waals surface area contributed by atoms with Crippen LogP contribution in [0.2, 0.25) is 0 Å². The SMILES string of the molecule is CCCNCc1nc(-c2ccc(Br)cc2C(F)(F)F)no1. The van der Waals surface area contributed by atoms with E-state index in [1.54, 1.807) is 0 Å². The van der Waals surface area contributed by atoms with Gasteiger partial charge in [0.2, 0.25) is 11.7 Å². The van der Waals surface area contributed by atoms with Gasteiger partial charge in [-0.25, -0.2) is 0 Å². The normalized spacial score (nSPS) is 11.9. The fourth-order valence-corrected chi connectivity index (χ4v) is 2.12. The van der Waals surface area contributed by atoms with Crippen molar-refractivity contribution >= 4 is 15.9 Å². The summed E-state index contributed by atoms with van der Waals surface area (Å²) in [6.07, 6.45) is -3.55. The summed E-state index contributed by atoms with van der Waals surface area (Å²) in [5, 5.41) is 6.67. The van der Waals surface area contributed by atoms with Crippen LogP contribution in [-0.2, 0) is 12.7 Å². The van der Waals surface area contributed by atoms with Crippen molar-refractivity contribution in [1.82, 2.24) is 15.5 Å². The van der Waals surface area contributed by atoms with Gasteiger partial charge in [-0.15, -0.1) is 0 Å². The van der Waals surface area contributed by atoms with E-state index in [2.05, 4.69) is 31.4 Å². The van der Waals surface area contributed by atoms with Crippen LogP contribution in [0.4, 0.5) is 13.2 Å². The number of rotatable bonds is 5. The summed E-state index contributed by atoms with van der Waals surface area (Å²) in [6.45, 7) is 3.10. The second-order valence-electron chi connectivity index (χ2n) is 4.38. The molecule has 0 aliphatic heterocycles. The fourth-order valence-electron chi connectivity index (χ4n) is 1.75. The lowest BCUT2D eigenvalue weighted by Gasteiger charge is -2.10. The average Bonchev–Trinajstić information content (AvgIpc) is 2.87. The minimum atomic E-state index is -4.49. The maximum absolute atomic E-state index is 13.0. The van der Waals surface area contributed by atoms with Crippen LogP contribution in [0, 0.1) is 0 Å². The lowest BCUT2D eigenvalue weighted by atomic mass is 10.1. The zero-order chi connectivity index (χ0) is 15.5. The molecule has 4 nitrogen and oxygen atoms in total.